The predicted molar refractivity (Wildman–Crippen MR) is 65.5 cm³/mol. The molecule has 0 saturated heterocycles. The van der Waals surface area contributed by atoms with Gasteiger partial charge in [-0.25, -0.2) is 4.98 Å². The Balaban J connectivity index is 1.87. The number of halogens is 1. The smallest absolute Gasteiger partial charge is 0.128 e. The fraction of sp³-hybridized carbons (Fsp3) is 0.364. The summed E-state index contributed by atoms with van der Waals surface area (Å²) in [6, 6.07) is 0. The Bertz CT molecular complexity index is 491. The van der Waals surface area contributed by atoms with E-state index in [1.165, 1.54) is 0 Å². The Morgan fingerprint density at radius 1 is 1.18 bits per heavy atom. The molecule has 1 N–H and O–H groups in total. The van der Waals surface area contributed by atoms with Gasteiger partial charge in [0.1, 0.15) is 11.0 Å². The van der Waals surface area contributed by atoms with Gasteiger partial charge in [-0.15, -0.1) is 0 Å². The number of nitrogens with zero attached hydrogens (tertiary/aromatic N) is 4. The van der Waals surface area contributed by atoms with Gasteiger partial charge in [-0.2, -0.15) is 0 Å². The fourth-order valence-electron chi connectivity index (χ4n) is 1.40. The van der Waals surface area contributed by atoms with Gasteiger partial charge in [0.05, 0.1) is 24.1 Å². The van der Waals surface area contributed by atoms with Gasteiger partial charge in [-0.05, 0) is 6.92 Å². The van der Waals surface area contributed by atoms with E-state index in [2.05, 4.69) is 20.3 Å². The molecule has 0 atom stereocenters. The molecular weight excluding hydrogens is 238 g/mol. The maximum absolute atomic E-state index is 5.89. The highest BCUT2D eigenvalue weighted by atomic mass is 35.5. The molecule has 0 aromatic carbocycles. The average molecular weight is 252 g/mol. The van der Waals surface area contributed by atoms with Crippen molar-refractivity contribution in [3.63, 3.8) is 0 Å². The Hall–Kier alpha value is -1.46. The van der Waals surface area contributed by atoms with E-state index in [4.69, 9.17) is 11.6 Å². The molecule has 0 fully saturated rings. The maximum Gasteiger partial charge on any atom is 0.128 e. The summed E-state index contributed by atoms with van der Waals surface area (Å²) in [7, 11) is 1.89. The van der Waals surface area contributed by atoms with Crippen LogP contribution >= 0.6 is 11.6 Å². The van der Waals surface area contributed by atoms with Gasteiger partial charge in [0.15, 0.2) is 0 Å². The lowest BCUT2D eigenvalue weighted by molar-refractivity contribution is 0.628. The monoisotopic (exact) mass is 251 g/mol. The minimum atomic E-state index is 0.636. The van der Waals surface area contributed by atoms with E-state index in [1.807, 2.05) is 18.5 Å². The molecule has 0 aliphatic carbocycles. The van der Waals surface area contributed by atoms with Crippen LogP contribution in [0, 0.1) is 6.92 Å². The highest BCUT2D eigenvalue weighted by Gasteiger charge is 2.03. The number of aryl methyl sites for hydroxylation is 1. The number of imidazole rings is 1. The van der Waals surface area contributed by atoms with Crippen molar-refractivity contribution in [1.29, 1.82) is 0 Å². The van der Waals surface area contributed by atoms with Gasteiger partial charge in [-0.3, -0.25) is 9.97 Å². The lowest BCUT2D eigenvalue weighted by Crippen LogP contribution is -2.16. The van der Waals surface area contributed by atoms with Gasteiger partial charge < -0.3 is 9.88 Å². The van der Waals surface area contributed by atoms with Crippen LogP contribution in [0.3, 0.4) is 0 Å². The van der Waals surface area contributed by atoms with Crippen molar-refractivity contribution in [3.05, 3.63) is 41.0 Å². The average Bonchev–Trinajstić information content (AvgIpc) is 2.64. The first-order valence-electron chi connectivity index (χ1n) is 5.31. The van der Waals surface area contributed by atoms with Crippen LogP contribution in [0.15, 0.2) is 18.6 Å². The van der Waals surface area contributed by atoms with E-state index < -0.39 is 0 Å². The van der Waals surface area contributed by atoms with Crippen LogP contribution in [0.1, 0.15) is 17.2 Å². The SMILES string of the molecule is Cc1cnc(CNCc2ncc(Cl)n2C)cn1. The third-order valence-corrected chi connectivity index (χ3v) is 2.80. The van der Waals surface area contributed by atoms with Crippen LogP contribution in [0.2, 0.25) is 5.15 Å². The highest BCUT2D eigenvalue weighted by Crippen LogP contribution is 2.08. The number of rotatable bonds is 4. The van der Waals surface area contributed by atoms with Crippen LogP contribution in [0.4, 0.5) is 0 Å². The zero-order valence-corrected chi connectivity index (χ0v) is 10.6. The van der Waals surface area contributed by atoms with Crippen molar-refractivity contribution in [2.24, 2.45) is 7.05 Å². The van der Waals surface area contributed by atoms with Crippen LogP contribution in [-0.4, -0.2) is 19.5 Å². The first kappa shape index (κ1) is 12.0. The molecule has 0 spiro atoms. The molecule has 0 amide bonds. The molecule has 2 aromatic rings. The lowest BCUT2D eigenvalue weighted by Gasteiger charge is -2.05. The molecule has 5 nitrogen and oxygen atoms in total. The van der Waals surface area contributed by atoms with Crippen molar-refractivity contribution in [2.75, 3.05) is 0 Å². The normalized spacial score (nSPS) is 10.8. The van der Waals surface area contributed by atoms with Crippen LogP contribution in [0.5, 0.6) is 0 Å². The maximum atomic E-state index is 5.89. The minimum Gasteiger partial charge on any atom is -0.321 e. The first-order valence-corrected chi connectivity index (χ1v) is 5.69. The molecule has 2 heterocycles. The summed E-state index contributed by atoms with van der Waals surface area (Å²) in [6.45, 7) is 3.23. The van der Waals surface area contributed by atoms with Crippen molar-refractivity contribution in [3.8, 4) is 0 Å². The molecule has 2 rings (SSSR count). The summed E-state index contributed by atoms with van der Waals surface area (Å²) in [4.78, 5) is 12.6. The summed E-state index contributed by atoms with van der Waals surface area (Å²) in [5, 5.41) is 3.88. The first-order chi connectivity index (χ1) is 8.16. The van der Waals surface area contributed by atoms with Crippen molar-refractivity contribution in [1.82, 2.24) is 24.8 Å². The fourth-order valence-corrected chi connectivity index (χ4v) is 1.55. The zero-order valence-electron chi connectivity index (χ0n) is 9.81. The minimum absolute atomic E-state index is 0.636. The van der Waals surface area contributed by atoms with E-state index in [1.54, 1.807) is 18.6 Å². The Morgan fingerprint density at radius 3 is 2.59 bits per heavy atom. The van der Waals surface area contributed by atoms with E-state index in [9.17, 15) is 0 Å². The molecule has 0 saturated carbocycles. The Morgan fingerprint density at radius 2 is 2.00 bits per heavy atom. The van der Waals surface area contributed by atoms with Crippen molar-refractivity contribution < 1.29 is 0 Å². The Kier molecular flexibility index (Phi) is 3.71. The second-order valence-corrected chi connectivity index (χ2v) is 4.20. The van der Waals surface area contributed by atoms with Crippen LogP contribution < -0.4 is 5.32 Å². The molecular formula is C11H14ClN5. The van der Waals surface area contributed by atoms with Gasteiger partial charge >= 0.3 is 0 Å². The largest absolute Gasteiger partial charge is 0.321 e. The summed E-state index contributed by atoms with van der Waals surface area (Å²) in [5.74, 6) is 0.898. The third-order valence-electron chi connectivity index (χ3n) is 2.45. The quantitative estimate of drug-likeness (QED) is 0.894. The Labute approximate surface area is 105 Å². The predicted octanol–water partition coefficient (Wildman–Crippen LogP) is 1.46. The molecule has 0 bridgehead atoms. The summed E-state index contributed by atoms with van der Waals surface area (Å²) in [5.41, 5.74) is 1.83. The van der Waals surface area contributed by atoms with Crippen LogP contribution in [-0.2, 0) is 20.1 Å². The highest BCUT2D eigenvalue weighted by molar-refractivity contribution is 6.29. The number of hydrogen-bond acceptors (Lipinski definition) is 4. The molecule has 0 unspecified atom stereocenters. The number of hydrogen-bond donors (Lipinski definition) is 1. The number of aromatic nitrogens is 4. The molecule has 0 aliphatic rings. The molecule has 90 valence electrons. The van der Waals surface area contributed by atoms with E-state index in [0.717, 1.165) is 17.2 Å². The van der Waals surface area contributed by atoms with E-state index >= 15 is 0 Å². The van der Waals surface area contributed by atoms with Crippen molar-refractivity contribution >= 4 is 11.6 Å². The standard InChI is InChI=1S/C11H14ClN5/c1-8-3-15-9(5-14-8)4-13-7-11-16-6-10(12)17(11)2/h3,5-6,13H,4,7H2,1-2H3. The van der Waals surface area contributed by atoms with Gasteiger partial charge in [0.25, 0.3) is 0 Å². The van der Waals surface area contributed by atoms with E-state index in [0.29, 0.717) is 18.2 Å². The molecule has 6 heteroatoms. The number of nitrogens with one attached hydrogen (secondary N) is 1. The van der Waals surface area contributed by atoms with E-state index in [-0.39, 0.29) is 0 Å². The van der Waals surface area contributed by atoms with Crippen molar-refractivity contribution in [2.45, 2.75) is 20.0 Å². The summed E-state index contributed by atoms with van der Waals surface area (Å²) >= 11 is 5.89. The van der Waals surface area contributed by atoms with Crippen LogP contribution in [0.25, 0.3) is 0 Å². The second-order valence-electron chi connectivity index (χ2n) is 3.81. The zero-order chi connectivity index (χ0) is 12.3. The second kappa shape index (κ2) is 5.25. The molecule has 0 aliphatic heterocycles. The molecule has 17 heavy (non-hydrogen) atoms. The lowest BCUT2D eigenvalue weighted by atomic mass is 10.4. The topological polar surface area (TPSA) is 55.6 Å². The third kappa shape index (κ3) is 3.01. The summed E-state index contributed by atoms with van der Waals surface area (Å²) < 4.78 is 1.84. The molecule has 0 radical (unpaired) electrons. The van der Waals surface area contributed by atoms with Gasteiger partial charge in [0, 0.05) is 26.0 Å². The van der Waals surface area contributed by atoms with Gasteiger partial charge in [0.2, 0.25) is 0 Å². The summed E-state index contributed by atoms with van der Waals surface area (Å²) in [6.07, 6.45) is 5.17. The molecule has 2 aromatic heterocycles. The van der Waals surface area contributed by atoms with Gasteiger partial charge in [-0.1, -0.05) is 11.6 Å².